The molecule has 0 spiro atoms. The Balaban J connectivity index is 0.00000420. The second-order valence-corrected chi connectivity index (χ2v) is 7.18. The van der Waals surface area contributed by atoms with Crippen molar-refractivity contribution in [3.63, 3.8) is 0 Å². The molecule has 0 radical (unpaired) electrons. The molecule has 0 heterocycles. The first-order chi connectivity index (χ1) is 13.5. The van der Waals surface area contributed by atoms with E-state index in [1.807, 2.05) is 37.4 Å². The van der Waals surface area contributed by atoms with E-state index in [-0.39, 0.29) is 29.9 Å². The van der Waals surface area contributed by atoms with Gasteiger partial charge in [-0.3, -0.25) is 9.79 Å². The zero-order valence-electron chi connectivity index (χ0n) is 17.8. The molecule has 0 bridgehead atoms. The first-order valence-corrected chi connectivity index (χ1v) is 9.78. The lowest BCUT2D eigenvalue weighted by atomic mass is 9.99. The fourth-order valence-corrected chi connectivity index (χ4v) is 2.99. The van der Waals surface area contributed by atoms with Crippen LogP contribution in [-0.4, -0.2) is 44.0 Å². The summed E-state index contributed by atoms with van der Waals surface area (Å²) >= 11 is 0. The normalized spacial score (nSPS) is 11.9. The number of halogens is 1. The number of rotatable bonds is 8. The lowest BCUT2D eigenvalue weighted by Crippen LogP contribution is -2.40. The minimum atomic E-state index is 0. The van der Waals surface area contributed by atoms with Gasteiger partial charge in [0.15, 0.2) is 5.96 Å². The minimum Gasteiger partial charge on any atom is -0.356 e. The Bertz CT molecular complexity index is 779. The van der Waals surface area contributed by atoms with E-state index in [1.165, 1.54) is 11.1 Å². The summed E-state index contributed by atoms with van der Waals surface area (Å²) in [6.45, 7) is 6.26. The molecule has 2 rings (SSSR count). The smallest absolute Gasteiger partial charge is 0.224 e. The highest BCUT2D eigenvalue weighted by molar-refractivity contribution is 14.0. The average molecular weight is 508 g/mol. The van der Waals surface area contributed by atoms with Gasteiger partial charge in [0.1, 0.15) is 0 Å². The molecule has 0 aliphatic carbocycles. The number of hydrogen-bond acceptors (Lipinski definition) is 2. The second-order valence-electron chi connectivity index (χ2n) is 7.18. The summed E-state index contributed by atoms with van der Waals surface area (Å²) in [5, 5.41) is 6.57. The number of nitrogens with zero attached hydrogens (tertiary/aromatic N) is 2. The van der Waals surface area contributed by atoms with E-state index < -0.39 is 0 Å². The van der Waals surface area contributed by atoms with Gasteiger partial charge in [-0.2, -0.15) is 0 Å². The maximum Gasteiger partial charge on any atom is 0.224 e. The molecule has 1 unspecified atom stereocenters. The Kier molecular flexibility index (Phi) is 11.3. The van der Waals surface area contributed by atoms with Crippen LogP contribution in [0.5, 0.6) is 0 Å². The van der Waals surface area contributed by atoms with Crippen LogP contribution < -0.4 is 10.6 Å². The highest BCUT2D eigenvalue weighted by atomic mass is 127. The van der Waals surface area contributed by atoms with Crippen LogP contribution in [0.25, 0.3) is 0 Å². The van der Waals surface area contributed by atoms with E-state index in [0.717, 1.165) is 18.1 Å². The molecule has 2 aromatic rings. The van der Waals surface area contributed by atoms with Crippen molar-refractivity contribution in [1.29, 1.82) is 0 Å². The molecule has 1 amide bonds. The van der Waals surface area contributed by atoms with Gasteiger partial charge >= 0.3 is 0 Å². The van der Waals surface area contributed by atoms with Crippen LogP contribution in [0.15, 0.2) is 59.6 Å². The summed E-state index contributed by atoms with van der Waals surface area (Å²) in [6.07, 6.45) is 0.428. The third-order valence-corrected chi connectivity index (χ3v) is 4.73. The third-order valence-electron chi connectivity index (χ3n) is 4.73. The number of nitrogens with one attached hydrogen (secondary N) is 2. The Morgan fingerprint density at radius 2 is 1.83 bits per heavy atom. The zero-order valence-corrected chi connectivity index (χ0v) is 20.1. The van der Waals surface area contributed by atoms with Gasteiger partial charge in [0.05, 0.1) is 0 Å². The molecule has 5 nitrogen and oxygen atoms in total. The maximum absolute atomic E-state index is 12.3. The summed E-state index contributed by atoms with van der Waals surface area (Å²) < 4.78 is 0. The van der Waals surface area contributed by atoms with Crippen molar-refractivity contribution in [2.45, 2.75) is 32.7 Å². The standard InChI is InChI=1S/C23H32N4O.HI/c1-18-9-8-12-21(15-18)19(2)16-26-23(24-3)25-14-13-22(28)27(4)17-20-10-6-5-7-11-20;/h5-12,15,19H,13-14,16-17H2,1-4H3,(H2,24,25,26);1H. The van der Waals surface area contributed by atoms with Crippen molar-refractivity contribution >= 4 is 35.8 Å². The molecule has 2 aromatic carbocycles. The molecule has 1 atom stereocenters. The highest BCUT2D eigenvalue weighted by Crippen LogP contribution is 2.15. The molecular weight excluding hydrogens is 475 g/mol. The molecule has 0 saturated carbocycles. The van der Waals surface area contributed by atoms with Gasteiger partial charge in [0, 0.05) is 40.2 Å². The largest absolute Gasteiger partial charge is 0.356 e. The van der Waals surface area contributed by atoms with Gasteiger partial charge < -0.3 is 15.5 Å². The van der Waals surface area contributed by atoms with Crippen LogP contribution >= 0.6 is 24.0 Å². The van der Waals surface area contributed by atoms with Crippen LogP contribution in [0.4, 0.5) is 0 Å². The fourth-order valence-electron chi connectivity index (χ4n) is 2.99. The lowest BCUT2D eigenvalue weighted by Gasteiger charge is -2.19. The van der Waals surface area contributed by atoms with Crippen LogP contribution in [0.2, 0.25) is 0 Å². The van der Waals surface area contributed by atoms with Gasteiger partial charge in [0.25, 0.3) is 0 Å². The van der Waals surface area contributed by atoms with E-state index in [9.17, 15) is 4.79 Å². The van der Waals surface area contributed by atoms with Crippen molar-refractivity contribution in [3.05, 3.63) is 71.3 Å². The van der Waals surface area contributed by atoms with E-state index in [1.54, 1.807) is 11.9 Å². The summed E-state index contributed by atoms with van der Waals surface area (Å²) in [4.78, 5) is 18.3. The van der Waals surface area contributed by atoms with E-state index in [2.05, 4.69) is 53.7 Å². The number of amides is 1. The Hall–Kier alpha value is -2.09. The molecule has 158 valence electrons. The Morgan fingerprint density at radius 1 is 1.10 bits per heavy atom. The van der Waals surface area contributed by atoms with Gasteiger partial charge in [-0.15, -0.1) is 24.0 Å². The van der Waals surface area contributed by atoms with Gasteiger partial charge in [-0.1, -0.05) is 67.1 Å². The van der Waals surface area contributed by atoms with E-state index >= 15 is 0 Å². The van der Waals surface area contributed by atoms with Crippen LogP contribution in [0.1, 0.15) is 36.0 Å². The number of hydrogen-bond donors (Lipinski definition) is 2. The fraction of sp³-hybridized carbons (Fsp3) is 0.391. The molecule has 0 aromatic heterocycles. The Morgan fingerprint density at radius 3 is 2.48 bits per heavy atom. The average Bonchev–Trinajstić information content (AvgIpc) is 2.70. The first-order valence-electron chi connectivity index (χ1n) is 9.78. The molecule has 0 aliphatic heterocycles. The second kappa shape index (κ2) is 13.2. The number of carbonyl (C=O) groups is 1. The van der Waals surface area contributed by atoms with Crippen LogP contribution in [-0.2, 0) is 11.3 Å². The molecule has 2 N–H and O–H groups in total. The van der Waals surface area contributed by atoms with Gasteiger partial charge in [-0.25, -0.2) is 0 Å². The van der Waals surface area contributed by atoms with E-state index in [4.69, 9.17) is 0 Å². The number of guanidine groups is 1. The predicted octanol–water partition coefficient (Wildman–Crippen LogP) is 3.93. The van der Waals surface area contributed by atoms with E-state index in [0.29, 0.717) is 25.4 Å². The molecule has 6 heteroatoms. The van der Waals surface area contributed by atoms with Crippen molar-refractivity contribution in [2.24, 2.45) is 4.99 Å². The van der Waals surface area contributed by atoms with Crippen LogP contribution in [0.3, 0.4) is 0 Å². The predicted molar refractivity (Wildman–Crippen MR) is 132 cm³/mol. The molecule has 0 fully saturated rings. The summed E-state index contributed by atoms with van der Waals surface area (Å²) in [7, 11) is 3.59. The van der Waals surface area contributed by atoms with Gasteiger partial charge in [-0.05, 0) is 24.0 Å². The first kappa shape index (κ1) is 24.9. The minimum absolute atomic E-state index is 0. The van der Waals surface area contributed by atoms with Crippen molar-refractivity contribution in [3.8, 4) is 0 Å². The molecule has 0 saturated heterocycles. The summed E-state index contributed by atoms with van der Waals surface area (Å²) in [5.74, 6) is 1.20. The monoisotopic (exact) mass is 508 g/mol. The van der Waals surface area contributed by atoms with Gasteiger partial charge in [0.2, 0.25) is 5.91 Å². The number of aryl methyl sites for hydroxylation is 1. The third kappa shape index (κ3) is 8.85. The summed E-state index contributed by atoms with van der Waals surface area (Å²) in [6, 6.07) is 18.6. The quantitative estimate of drug-likeness (QED) is 0.323. The molecular formula is C23H33IN4O. The van der Waals surface area contributed by atoms with Crippen molar-refractivity contribution in [1.82, 2.24) is 15.5 Å². The van der Waals surface area contributed by atoms with Crippen molar-refractivity contribution < 1.29 is 4.79 Å². The van der Waals surface area contributed by atoms with Crippen LogP contribution in [0, 0.1) is 6.92 Å². The van der Waals surface area contributed by atoms with Crippen molar-refractivity contribution in [2.75, 3.05) is 27.2 Å². The topological polar surface area (TPSA) is 56.7 Å². The lowest BCUT2D eigenvalue weighted by molar-refractivity contribution is -0.130. The number of aliphatic imine (C=N–C) groups is 1. The zero-order chi connectivity index (χ0) is 20.4. The maximum atomic E-state index is 12.3. The molecule has 29 heavy (non-hydrogen) atoms. The summed E-state index contributed by atoms with van der Waals surface area (Å²) in [5.41, 5.74) is 3.71. The number of benzene rings is 2. The highest BCUT2D eigenvalue weighted by Gasteiger charge is 2.10. The SMILES string of the molecule is CN=C(NCCC(=O)N(C)Cc1ccccc1)NCC(C)c1cccc(C)c1.I. The number of carbonyl (C=O) groups excluding carboxylic acids is 1. The molecule has 0 aliphatic rings. The Labute approximate surface area is 192 Å².